The number of nitrogens with zero attached hydrogens (tertiary/aromatic N) is 4. The van der Waals surface area contributed by atoms with Crippen molar-refractivity contribution in [3.63, 3.8) is 0 Å². The van der Waals surface area contributed by atoms with Crippen molar-refractivity contribution in [1.82, 2.24) is 19.6 Å². The average Bonchev–Trinajstić information content (AvgIpc) is 2.87. The van der Waals surface area contributed by atoms with Crippen molar-refractivity contribution in [1.29, 1.82) is 0 Å². The van der Waals surface area contributed by atoms with Crippen LogP contribution in [0.2, 0.25) is 0 Å². The normalized spacial score (nSPS) is 10.7. The van der Waals surface area contributed by atoms with Crippen molar-refractivity contribution in [3.05, 3.63) is 53.7 Å². The van der Waals surface area contributed by atoms with Crippen LogP contribution in [-0.4, -0.2) is 25.5 Å². The van der Waals surface area contributed by atoms with Crippen LogP contribution in [0.4, 0.5) is 10.2 Å². The van der Waals surface area contributed by atoms with Gasteiger partial charge in [0.15, 0.2) is 0 Å². The highest BCUT2D eigenvalue weighted by molar-refractivity contribution is 6.04. The number of rotatable bonds is 2. The summed E-state index contributed by atoms with van der Waals surface area (Å²) in [5, 5.41) is 6.53. The van der Waals surface area contributed by atoms with Crippen LogP contribution in [0.15, 0.2) is 36.8 Å². The van der Waals surface area contributed by atoms with Crippen molar-refractivity contribution in [2.75, 3.05) is 5.32 Å². The molecule has 2 heterocycles. The summed E-state index contributed by atoms with van der Waals surface area (Å²) in [7, 11) is 0. The lowest BCUT2D eigenvalue weighted by Gasteiger charge is -2.07. The van der Waals surface area contributed by atoms with E-state index in [4.69, 9.17) is 0 Å². The molecule has 0 fully saturated rings. The molecule has 1 aromatic carbocycles. The fourth-order valence-corrected chi connectivity index (χ4v) is 1.82. The molecule has 1 amide bonds. The van der Waals surface area contributed by atoms with Crippen molar-refractivity contribution < 1.29 is 9.18 Å². The van der Waals surface area contributed by atoms with E-state index in [0.29, 0.717) is 11.6 Å². The van der Waals surface area contributed by atoms with Crippen LogP contribution in [0.1, 0.15) is 15.9 Å². The lowest BCUT2D eigenvalue weighted by Crippen LogP contribution is -2.16. The highest BCUT2D eigenvalue weighted by Gasteiger charge is 2.13. The Hall–Kier alpha value is -2.83. The Labute approximate surface area is 113 Å². The highest BCUT2D eigenvalue weighted by Crippen LogP contribution is 2.13. The first-order valence-electron chi connectivity index (χ1n) is 5.87. The molecule has 1 N–H and O–H groups in total. The summed E-state index contributed by atoms with van der Waals surface area (Å²) < 4.78 is 15.1. The summed E-state index contributed by atoms with van der Waals surface area (Å²) in [5.41, 5.74) is 0.724. The number of hydrogen-bond acceptors (Lipinski definition) is 4. The lowest BCUT2D eigenvalue weighted by atomic mass is 10.1. The molecule has 0 unspecified atom stereocenters. The number of carbonyl (C=O) groups is 1. The first-order valence-corrected chi connectivity index (χ1v) is 5.87. The van der Waals surface area contributed by atoms with Gasteiger partial charge in [0.05, 0.1) is 5.56 Å². The molecule has 6 nitrogen and oxygen atoms in total. The molecule has 3 aromatic rings. The second kappa shape index (κ2) is 4.69. The van der Waals surface area contributed by atoms with E-state index < -0.39 is 11.7 Å². The zero-order chi connectivity index (χ0) is 14.1. The Balaban J connectivity index is 1.94. The zero-order valence-electron chi connectivity index (χ0n) is 10.5. The Morgan fingerprint density at radius 1 is 1.30 bits per heavy atom. The molecular weight excluding hydrogens is 261 g/mol. The number of amides is 1. The monoisotopic (exact) mass is 271 g/mol. The molecule has 0 saturated carbocycles. The number of hydrogen-bond donors (Lipinski definition) is 1. The molecule has 0 bridgehead atoms. The molecule has 0 atom stereocenters. The van der Waals surface area contributed by atoms with E-state index in [2.05, 4.69) is 20.4 Å². The number of benzene rings is 1. The van der Waals surface area contributed by atoms with Crippen LogP contribution in [0, 0.1) is 12.7 Å². The van der Waals surface area contributed by atoms with E-state index in [1.165, 1.54) is 29.2 Å². The van der Waals surface area contributed by atoms with Gasteiger partial charge >= 0.3 is 0 Å². The molecule has 0 aliphatic heterocycles. The number of aryl methyl sites for hydroxylation is 1. The van der Waals surface area contributed by atoms with Crippen LogP contribution in [0.25, 0.3) is 5.78 Å². The van der Waals surface area contributed by atoms with Crippen LogP contribution in [0.3, 0.4) is 0 Å². The third-order valence-electron chi connectivity index (χ3n) is 2.79. The van der Waals surface area contributed by atoms with Crippen molar-refractivity contribution in [3.8, 4) is 0 Å². The van der Waals surface area contributed by atoms with Gasteiger partial charge in [0, 0.05) is 6.20 Å². The number of anilines is 1. The van der Waals surface area contributed by atoms with Crippen molar-refractivity contribution in [2.45, 2.75) is 6.92 Å². The first-order chi connectivity index (χ1) is 9.65. The van der Waals surface area contributed by atoms with Gasteiger partial charge in [0.1, 0.15) is 18.0 Å². The quantitative estimate of drug-likeness (QED) is 0.771. The van der Waals surface area contributed by atoms with E-state index in [9.17, 15) is 9.18 Å². The van der Waals surface area contributed by atoms with E-state index >= 15 is 0 Å². The molecule has 7 heteroatoms. The minimum atomic E-state index is -0.564. The topological polar surface area (TPSA) is 72.2 Å². The first kappa shape index (κ1) is 12.2. The van der Waals surface area contributed by atoms with E-state index in [0.717, 1.165) is 5.56 Å². The van der Waals surface area contributed by atoms with Crippen LogP contribution in [-0.2, 0) is 0 Å². The lowest BCUT2D eigenvalue weighted by molar-refractivity contribution is 0.102. The number of halogens is 1. The molecule has 0 radical (unpaired) electrons. The Bertz CT molecular complexity index is 798. The predicted octanol–water partition coefficient (Wildman–Crippen LogP) is 1.82. The number of fused-ring (bicyclic) bond motifs is 1. The fourth-order valence-electron chi connectivity index (χ4n) is 1.82. The summed E-state index contributed by atoms with van der Waals surface area (Å²) in [6.45, 7) is 1.76. The fraction of sp³-hybridized carbons (Fsp3) is 0.0769. The number of carbonyl (C=O) groups excluding carboxylic acids is 1. The van der Waals surface area contributed by atoms with Gasteiger partial charge in [0.2, 0.25) is 0 Å². The van der Waals surface area contributed by atoms with Gasteiger partial charge < -0.3 is 5.32 Å². The van der Waals surface area contributed by atoms with Gasteiger partial charge in [-0.25, -0.2) is 9.37 Å². The van der Waals surface area contributed by atoms with Gasteiger partial charge in [0.25, 0.3) is 11.7 Å². The molecule has 0 aliphatic carbocycles. The number of nitrogens with one attached hydrogen (secondary N) is 1. The SMILES string of the molecule is Cc1ccc(C(=O)Nc2ccnc3ncnn23)c(F)c1. The summed E-state index contributed by atoms with van der Waals surface area (Å²) >= 11 is 0. The van der Waals surface area contributed by atoms with Gasteiger partial charge in [-0.2, -0.15) is 14.6 Å². The summed E-state index contributed by atoms with van der Waals surface area (Å²) in [4.78, 5) is 20.0. The molecule has 0 saturated heterocycles. The van der Waals surface area contributed by atoms with E-state index in [1.54, 1.807) is 19.1 Å². The average molecular weight is 271 g/mol. The molecule has 3 rings (SSSR count). The largest absolute Gasteiger partial charge is 0.306 e. The number of aromatic nitrogens is 4. The highest BCUT2D eigenvalue weighted by atomic mass is 19.1. The Morgan fingerprint density at radius 2 is 2.15 bits per heavy atom. The van der Waals surface area contributed by atoms with Gasteiger partial charge in [-0.3, -0.25) is 4.79 Å². The maximum Gasteiger partial charge on any atom is 0.259 e. The molecule has 20 heavy (non-hydrogen) atoms. The molecule has 2 aromatic heterocycles. The summed E-state index contributed by atoms with van der Waals surface area (Å²) in [5.74, 6) is -0.387. The van der Waals surface area contributed by atoms with E-state index in [-0.39, 0.29) is 5.56 Å². The second-order valence-corrected chi connectivity index (χ2v) is 4.24. The van der Waals surface area contributed by atoms with Crippen LogP contribution >= 0.6 is 0 Å². The standard InChI is InChI=1S/C13H10FN5O/c1-8-2-3-9(10(14)6-8)12(20)18-11-4-5-15-13-16-7-17-19(11)13/h2-7H,1H3,(H,18,20). The Kier molecular flexibility index (Phi) is 2.86. The van der Waals surface area contributed by atoms with Crippen molar-refractivity contribution >= 4 is 17.5 Å². The molecule has 0 aliphatic rings. The van der Waals surface area contributed by atoms with Crippen LogP contribution in [0.5, 0.6) is 0 Å². The van der Waals surface area contributed by atoms with Gasteiger partial charge in [-0.15, -0.1) is 0 Å². The third kappa shape index (κ3) is 2.09. The third-order valence-corrected chi connectivity index (χ3v) is 2.79. The van der Waals surface area contributed by atoms with Gasteiger partial charge in [-0.05, 0) is 30.7 Å². The summed E-state index contributed by atoms with van der Waals surface area (Å²) in [6.07, 6.45) is 2.82. The molecular formula is C13H10FN5O. The van der Waals surface area contributed by atoms with Crippen molar-refractivity contribution in [2.24, 2.45) is 0 Å². The van der Waals surface area contributed by atoms with Crippen LogP contribution < -0.4 is 5.32 Å². The minimum Gasteiger partial charge on any atom is -0.306 e. The maximum atomic E-state index is 13.7. The second-order valence-electron chi connectivity index (χ2n) is 4.24. The smallest absolute Gasteiger partial charge is 0.259 e. The summed E-state index contributed by atoms with van der Waals surface area (Å²) in [6, 6.07) is 5.99. The zero-order valence-corrected chi connectivity index (χ0v) is 10.5. The predicted molar refractivity (Wildman–Crippen MR) is 69.9 cm³/mol. The molecule has 100 valence electrons. The maximum absolute atomic E-state index is 13.7. The van der Waals surface area contributed by atoms with E-state index in [1.807, 2.05) is 0 Å². The molecule has 0 spiro atoms. The Morgan fingerprint density at radius 3 is 2.95 bits per heavy atom. The van der Waals surface area contributed by atoms with Gasteiger partial charge in [-0.1, -0.05) is 6.07 Å². The minimum absolute atomic E-state index is 0.0272.